The average Bonchev–Trinajstić information content (AvgIpc) is 3.15. The molecule has 0 radical (unpaired) electrons. The van der Waals surface area contributed by atoms with E-state index in [1.54, 1.807) is 42.5 Å². The van der Waals surface area contributed by atoms with Crippen molar-refractivity contribution in [2.24, 2.45) is 0 Å². The topological polar surface area (TPSA) is 149 Å². The minimum absolute atomic E-state index is 0.0349. The van der Waals surface area contributed by atoms with Gasteiger partial charge in [-0.2, -0.15) is 17.6 Å². The number of fused-ring (bicyclic) bond motifs is 2. The molecular formula is C40H35F4NO10. The van der Waals surface area contributed by atoms with Crippen LogP contribution >= 0.6 is 0 Å². The minimum Gasteiger partial charge on any atom is -0.483 e. The van der Waals surface area contributed by atoms with Crippen molar-refractivity contribution in [2.45, 2.75) is 63.9 Å². The van der Waals surface area contributed by atoms with Crippen molar-refractivity contribution in [1.29, 1.82) is 0 Å². The molecule has 15 heteroatoms. The van der Waals surface area contributed by atoms with E-state index in [2.05, 4.69) is 9.47 Å². The van der Waals surface area contributed by atoms with Gasteiger partial charge >= 0.3 is 12.2 Å². The van der Waals surface area contributed by atoms with Crippen LogP contribution in [0.4, 0.5) is 17.6 Å². The van der Waals surface area contributed by atoms with Crippen molar-refractivity contribution in [3.63, 3.8) is 0 Å². The van der Waals surface area contributed by atoms with E-state index >= 15 is 0 Å². The van der Waals surface area contributed by atoms with Gasteiger partial charge in [0.15, 0.2) is 52.7 Å². The SMILES string of the molecule is CN(Cc1ccc(CO)c(C(=O)CCC(=O)c2ccc3c(c2)OC(F)(F)C(F)(F)O3)c1)Cc1ccccc1C(=O)CCC(=O)c1ccc2c(c1)OCC(O)O2. The summed E-state index contributed by atoms with van der Waals surface area (Å²) in [7, 11) is 1.82. The van der Waals surface area contributed by atoms with Crippen LogP contribution < -0.4 is 18.9 Å². The average molecular weight is 766 g/mol. The molecule has 2 aliphatic heterocycles. The van der Waals surface area contributed by atoms with Crippen LogP contribution in [0.5, 0.6) is 23.0 Å². The number of halogens is 4. The summed E-state index contributed by atoms with van der Waals surface area (Å²) in [4.78, 5) is 54.3. The Morgan fingerprint density at radius 3 is 1.93 bits per heavy atom. The second-order valence-electron chi connectivity index (χ2n) is 13.1. The van der Waals surface area contributed by atoms with Crippen LogP contribution in [0.1, 0.15) is 83.8 Å². The van der Waals surface area contributed by atoms with E-state index in [1.165, 1.54) is 12.1 Å². The Kier molecular flexibility index (Phi) is 11.4. The van der Waals surface area contributed by atoms with E-state index in [0.29, 0.717) is 46.8 Å². The first-order valence-corrected chi connectivity index (χ1v) is 17.2. The summed E-state index contributed by atoms with van der Waals surface area (Å²) >= 11 is 0. The maximum atomic E-state index is 13.6. The second kappa shape index (κ2) is 16.0. The van der Waals surface area contributed by atoms with Crippen LogP contribution in [0.15, 0.2) is 78.9 Å². The Morgan fingerprint density at radius 2 is 1.25 bits per heavy atom. The fourth-order valence-corrected chi connectivity index (χ4v) is 6.19. The maximum absolute atomic E-state index is 13.6. The normalized spacial score (nSPS) is 16.4. The van der Waals surface area contributed by atoms with Gasteiger partial charge in [0, 0.05) is 61.0 Å². The summed E-state index contributed by atoms with van der Waals surface area (Å²) in [6.45, 7) is 0.140. The number of aliphatic hydroxyl groups is 2. The molecule has 2 N–H and O–H groups in total. The first-order chi connectivity index (χ1) is 26.1. The zero-order valence-corrected chi connectivity index (χ0v) is 29.4. The van der Waals surface area contributed by atoms with E-state index in [9.17, 15) is 47.0 Å². The Bertz CT molecular complexity index is 2140. The standard InChI is InChI=1S/C40H35F4NO10/c1-45(20-26-4-2-3-5-28(26)32(49)12-10-30(47)24-8-14-34-36(17-24)52-22-38(51)53-34)19-23-6-7-27(21-46)29(16-23)33(50)13-11-31(48)25-9-15-35-37(18-25)55-40(43,44)39(41,42)54-35/h2-9,14-18,38,46,51H,10-13,19-22H2,1H3. The molecule has 2 aliphatic rings. The number of ether oxygens (including phenoxy) is 4. The van der Waals surface area contributed by atoms with E-state index in [1.807, 2.05) is 18.0 Å². The van der Waals surface area contributed by atoms with Gasteiger partial charge in [-0.15, -0.1) is 0 Å². The lowest BCUT2D eigenvalue weighted by Crippen LogP contribution is -2.52. The molecule has 11 nitrogen and oxygen atoms in total. The van der Waals surface area contributed by atoms with E-state index in [-0.39, 0.29) is 55.0 Å². The van der Waals surface area contributed by atoms with Gasteiger partial charge in [0.05, 0.1) is 6.61 Å². The summed E-state index contributed by atoms with van der Waals surface area (Å²) in [6.07, 6.45) is -11.7. The summed E-state index contributed by atoms with van der Waals surface area (Å²) in [6, 6.07) is 19.4. The predicted molar refractivity (Wildman–Crippen MR) is 186 cm³/mol. The van der Waals surface area contributed by atoms with Gasteiger partial charge in [0.1, 0.15) is 0 Å². The number of alkyl halides is 4. The molecule has 0 saturated heterocycles. The quantitative estimate of drug-likeness (QED) is 0.100. The number of carbonyl (C=O) groups excluding carboxylic acids is 4. The second-order valence-corrected chi connectivity index (χ2v) is 13.1. The molecule has 0 saturated carbocycles. The zero-order valence-electron chi connectivity index (χ0n) is 29.4. The molecule has 0 aliphatic carbocycles. The summed E-state index contributed by atoms with van der Waals surface area (Å²) < 4.78 is 73.1. The highest BCUT2D eigenvalue weighted by molar-refractivity contribution is 6.04. The van der Waals surface area contributed by atoms with Crippen molar-refractivity contribution < 1.29 is 65.9 Å². The molecule has 4 aromatic carbocycles. The fraction of sp³-hybridized carbons (Fsp3) is 0.300. The van der Waals surface area contributed by atoms with Crippen molar-refractivity contribution in [2.75, 3.05) is 13.7 Å². The Balaban J connectivity index is 1.05. The highest BCUT2D eigenvalue weighted by atomic mass is 19.3. The van der Waals surface area contributed by atoms with Crippen molar-refractivity contribution in [3.8, 4) is 23.0 Å². The van der Waals surface area contributed by atoms with Crippen molar-refractivity contribution >= 4 is 23.1 Å². The van der Waals surface area contributed by atoms with Gasteiger partial charge in [0.2, 0.25) is 6.29 Å². The van der Waals surface area contributed by atoms with Crippen LogP contribution in [0.25, 0.3) is 0 Å². The fourth-order valence-electron chi connectivity index (χ4n) is 6.19. The van der Waals surface area contributed by atoms with Gasteiger partial charge in [0.25, 0.3) is 0 Å². The molecule has 0 amide bonds. The van der Waals surface area contributed by atoms with Crippen LogP contribution in [0.3, 0.4) is 0 Å². The van der Waals surface area contributed by atoms with E-state index < -0.39 is 48.2 Å². The molecule has 1 atom stereocenters. The molecule has 288 valence electrons. The van der Waals surface area contributed by atoms with Gasteiger partial charge in [-0.3, -0.25) is 24.1 Å². The number of rotatable bonds is 15. The molecule has 2 heterocycles. The lowest BCUT2D eigenvalue weighted by Gasteiger charge is -2.31. The first kappa shape index (κ1) is 39.1. The number of hydrogen-bond donors (Lipinski definition) is 2. The van der Waals surface area contributed by atoms with Crippen LogP contribution in [-0.2, 0) is 19.7 Å². The number of ketones is 4. The van der Waals surface area contributed by atoms with Crippen molar-refractivity contribution in [1.82, 2.24) is 4.90 Å². The summed E-state index contributed by atoms with van der Waals surface area (Å²) in [5, 5.41) is 19.5. The van der Waals surface area contributed by atoms with Gasteiger partial charge in [-0.05, 0) is 66.2 Å². The minimum atomic E-state index is -4.95. The highest BCUT2D eigenvalue weighted by Gasteiger charge is 2.66. The van der Waals surface area contributed by atoms with Gasteiger partial charge in [-0.1, -0.05) is 36.4 Å². The van der Waals surface area contributed by atoms with Crippen LogP contribution in [0, 0.1) is 0 Å². The molecule has 6 rings (SSSR count). The van der Waals surface area contributed by atoms with Gasteiger partial charge < -0.3 is 29.2 Å². The molecule has 0 fully saturated rings. The number of Topliss-reactive ketones (excluding diaryl/α,β-unsaturated/α-hetero) is 4. The molecule has 0 aromatic heterocycles. The largest absolute Gasteiger partial charge is 0.507 e. The molecule has 0 spiro atoms. The summed E-state index contributed by atoms with van der Waals surface area (Å²) in [5.41, 5.74) is 2.58. The van der Waals surface area contributed by atoms with Crippen molar-refractivity contribution in [3.05, 3.63) is 118 Å². The first-order valence-electron chi connectivity index (χ1n) is 17.2. The number of hydrogen-bond acceptors (Lipinski definition) is 11. The van der Waals surface area contributed by atoms with E-state index in [4.69, 9.17) is 9.47 Å². The third-order valence-corrected chi connectivity index (χ3v) is 9.00. The predicted octanol–water partition coefficient (Wildman–Crippen LogP) is 6.55. The number of benzene rings is 4. The Morgan fingerprint density at radius 1 is 0.673 bits per heavy atom. The molecule has 0 bridgehead atoms. The third kappa shape index (κ3) is 8.85. The molecular weight excluding hydrogens is 730 g/mol. The van der Waals surface area contributed by atoms with Gasteiger partial charge in [-0.25, -0.2) is 0 Å². The lowest BCUT2D eigenvalue weighted by atomic mass is 9.96. The molecule has 55 heavy (non-hydrogen) atoms. The monoisotopic (exact) mass is 765 g/mol. The summed E-state index contributed by atoms with van der Waals surface area (Å²) in [5.74, 6) is -2.34. The van der Waals surface area contributed by atoms with E-state index in [0.717, 1.165) is 23.8 Å². The molecule has 1 unspecified atom stereocenters. The molecule has 4 aromatic rings. The third-order valence-electron chi connectivity index (χ3n) is 9.00. The number of nitrogens with zero attached hydrogens (tertiary/aromatic N) is 1. The number of aliphatic hydroxyl groups excluding tert-OH is 2. The van der Waals surface area contributed by atoms with Crippen LogP contribution in [-0.4, -0.2) is 70.4 Å². The zero-order chi connectivity index (χ0) is 39.5. The number of carbonyl (C=O) groups is 4. The Hall–Kier alpha value is -5.64. The highest BCUT2D eigenvalue weighted by Crippen LogP contribution is 2.47. The smallest absolute Gasteiger partial charge is 0.483 e. The maximum Gasteiger partial charge on any atom is 0.507 e. The lowest BCUT2D eigenvalue weighted by molar-refractivity contribution is -0.391. The Labute approximate surface area is 312 Å². The van der Waals surface area contributed by atoms with Crippen LogP contribution in [0.2, 0.25) is 0 Å².